The Morgan fingerprint density at radius 1 is 0.706 bits per heavy atom. The molecule has 1 aliphatic rings. The summed E-state index contributed by atoms with van der Waals surface area (Å²) < 4.78 is 5.62. The van der Waals surface area contributed by atoms with Gasteiger partial charge in [0.15, 0.2) is 0 Å². The van der Waals surface area contributed by atoms with Crippen LogP contribution in [-0.4, -0.2) is 11.9 Å². The number of anilines is 1. The van der Waals surface area contributed by atoms with E-state index in [0.717, 1.165) is 37.7 Å². The maximum absolute atomic E-state index is 12.6. The Kier molecular flexibility index (Phi) is 6.04. The van der Waals surface area contributed by atoms with Crippen molar-refractivity contribution in [3.63, 3.8) is 0 Å². The number of benzene rings is 4. The summed E-state index contributed by atoms with van der Waals surface area (Å²) in [5.41, 5.74) is 0.734. The zero-order valence-corrected chi connectivity index (χ0v) is 18.5. The molecule has 1 aliphatic carbocycles. The van der Waals surface area contributed by atoms with E-state index in [1.54, 1.807) is 6.08 Å². The second-order valence-electron chi connectivity index (χ2n) is 8.10. The first kappa shape index (κ1) is 21.4. The van der Waals surface area contributed by atoms with Crippen LogP contribution in [0.25, 0.3) is 33.7 Å². The number of amides is 1. The number of fused-ring (bicyclic) bond motifs is 4. The number of carbonyl (C=O) groups excluding carboxylic acids is 2. The standard InChI is InChI=1S/C30H23NO3/c32-29(31-28-15-7-11-21-8-3-6-14-26(21)28)18-19-30(33)34-24-12-4-1-10-23-17-16-22-9-2-5-13-25(22)27(23)20-24/h1-17,20H,18-19H2,(H,31,32)/b4-1-,10-1?,12-4?,23-10-,24-12+,24-20?,27-20+. The van der Waals surface area contributed by atoms with E-state index in [-0.39, 0.29) is 18.7 Å². The van der Waals surface area contributed by atoms with Gasteiger partial charge in [-0.1, -0.05) is 91.0 Å². The molecule has 0 unspecified atom stereocenters. The highest BCUT2D eigenvalue weighted by Gasteiger charge is 2.11. The number of hydrogen-bond donors (Lipinski definition) is 1. The second kappa shape index (κ2) is 9.59. The monoisotopic (exact) mass is 445 g/mol. The van der Waals surface area contributed by atoms with Crippen LogP contribution in [0, 0.1) is 0 Å². The number of nitrogens with one attached hydrogen (secondary N) is 1. The van der Waals surface area contributed by atoms with Gasteiger partial charge in [-0.3, -0.25) is 9.59 Å². The molecule has 0 aliphatic heterocycles. The van der Waals surface area contributed by atoms with Crippen molar-refractivity contribution in [2.24, 2.45) is 0 Å². The fourth-order valence-corrected chi connectivity index (χ4v) is 4.13. The zero-order chi connectivity index (χ0) is 23.3. The molecule has 4 nitrogen and oxygen atoms in total. The number of ether oxygens (including phenoxy) is 1. The minimum atomic E-state index is -0.449. The third-order valence-electron chi connectivity index (χ3n) is 5.79. The number of hydrogen-bond acceptors (Lipinski definition) is 3. The molecule has 4 aromatic rings. The summed E-state index contributed by atoms with van der Waals surface area (Å²) in [5.74, 6) is -0.230. The van der Waals surface area contributed by atoms with Gasteiger partial charge in [-0.05, 0) is 44.8 Å². The lowest BCUT2D eigenvalue weighted by Crippen LogP contribution is -2.26. The quantitative estimate of drug-likeness (QED) is 0.441. The average Bonchev–Trinajstić information content (AvgIpc) is 2.85. The average molecular weight is 446 g/mol. The molecular weight excluding hydrogens is 422 g/mol. The lowest BCUT2D eigenvalue weighted by Gasteiger charge is -2.09. The van der Waals surface area contributed by atoms with E-state index in [0.29, 0.717) is 5.76 Å². The van der Waals surface area contributed by atoms with Gasteiger partial charge in [0.2, 0.25) is 5.91 Å². The normalized spacial score (nSPS) is 17.0. The van der Waals surface area contributed by atoms with Crippen molar-refractivity contribution in [2.75, 3.05) is 5.32 Å². The number of esters is 1. The maximum Gasteiger partial charge on any atom is 0.311 e. The van der Waals surface area contributed by atoms with Gasteiger partial charge >= 0.3 is 5.97 Å². The van der Waals surface area contributed by atoms with Crippen LogP contribution in [0.1, 0.15) is 12.8 Å². The van der Waals surface area contributed by atoms with E-state index in [1.807, 2.05) is 78.9 Å². The van der Waals surface area contributed by atoms with Crippen LogP contribution in [0.15, 0.2) is 103 Å². The van der Waals surface area contributed by atoms with E-state index >= 15 is 0 Å². The number of carbonyl (C=O) groups is 2. The van der Waals surface area contributed by atoms with Gasteiger partial charge < -0.3 is 10.1 Å². The predicted octanol–water partition coefficient (Wildman–Crippen LogP) is 4.97. The summed E-state index contributed by atoms with van der Waals surface area (Å²) in [4.78, 5) is 25.1. The molecule has 0 heterocycles. The summed E-state index contributed by atoms with van der Waals surface area (Å²) in [5, 5.41) is 9.17. The summed E-state index contributed by atoms with van der Waals surface area (Å²) in [6, 6.07) is 25.8. The van der Waals surface area contributed by atoms with E-state index in [4.69, 9.17) is 4.74 Å². The molecule has 0 radical (unpaired) electrons. The van der Waals surface area contributed by atoms with Gasteiger partial charge in [0.05, 0.1) is 6.42 Å². The molecule has 1 amide bonds. The highest BCUT2D eigenvalue weighted by molar-refractivity contribution is 6.02. The first-order valence-electron chi connectivity index (χ1n) is 11.2. The van der Waals surface area contributed by atoms with Crippen molar-refractivity contribution >= 4 is 51.3 Å². The Morgan fingerprint density at radius 2 is 1.41 bits per heavy atom. The minimum Gasteiger partial charge on any atom is -0.426 e. The maximum atomic E-state index is 12.6. The molecule has 0 atom stereocenters. The summed E-state index contributed by atoms with van der Waals surface area (Å²) in [6.45, 7) is 0. The Labute approximate surface area is 197 Å². The van der Waals surface area contributed by atoms with Crippen LogP contribution in [0.5, 0.6) is 0 Å². The van der Waals surface area contributed by atoms with Crippen molar-refractivity contribution in [3.05, 3.63) is 113 Å². The first-order chi connectivity index (χ1) is 16.7. The van der Waals surface area contributed by atoms with Crippen molar-refractivity contribution in [1.82, 2.24) is 0 Å². The number of allylic oxidation sites excluding steroid dienone is 4. The molecule has 34 heavy (non-hydrogen) atoms. The van der Waals surface area contributed by atoms with Crippen LogP contribution in [0.3, 0.4) is 0 Å². The van der Waals surface area contributed by atoms with Gasteiger partial charge in [-0.25, -0.2) is 0 Å². The SMILES string of the molecule is O=C(CCC(=O)OC1=C/C=C\C=c2\ccc3ccccc3\c2=C\1)Nc1cccc2ccccc12. The van der Waals surface area contributed by atoms with Crippen molar-refractivity contribution < 1.29 is 14.3 Å². The highest BCUT2D eigenvalue weighted by Crippen LogP contribution is 2.23. The van der Waals surface area contributed by atoms with Crippen molar-refractivity contribution in [3.8, 4) is 0 Å². The molecular formula is C30H23NO3. The molecule has 5 rings (SSSR count). The number of rotatable bonds is 5. The van der Waals surface area contributed by atoms with Gasteiger partial charge in [0.25, 0.3) is 0 Å². The van der Waals surface area contributed by atoms with Crippen LogP contribution in [0.2, 0.25) is 0 Å². The smallest absolute Gasteiger partial charge is 0.311 e. The fraction of sp³-hybridized carbons (Fsp3) is 0.0667. The van der Waals surface area contributed by atoms with Gasteiger partial charge in [-0.15, -0.1) is 0 Å². The lowest BCUT2D eigenvalue weighted by atomic mass is 10.0. The van der Waals surface area contributed by atoms with E-state index in [9.17, 15) is 9.59 Å². The van der Waals surface area contributed by atoms with Gasteiger partial charge in [0, 0.05) is 17.5 Å². The lowest BCUT2D eigenvalue weighted by molar-refractivity contribution is -0.140. The molecule has 0 saturated heterocycles. The fourth-order valence-electron chi connectivity index (χ4n) is 4.13. The second-order valence-corrected chi connectivity index (χ2v) is 8.10. The largest absolute Gasteiger partial charge is 0.426 e. The molecule has 0 fully saturated rings. The Hall–Kier alpha value is -4.44. The van der Waals surface area contributed by atoms with Crippen LogP contribution < -0.4 is 15.8 Å². The van der Waals surface area contributed by atoms with Gasteiger partial charge in [-0.2, -0.15) is 0 Å². The summed E-state index contributed by atoms with van der Waals surface area (Å²) >= 11 is 0. The van der Waals surface area contributed by atoms with Crippen LogP contribution in [0.4, 0.5) is 5.69 Å². The molecule has 1 N–H and O–H groups in total. The Balaban J connectivity index is 1.29. The molecule has 4 heteroatoms. The van der Waals surface area contributed by atoms with Crippen LogP contribution in [-0.2, 0) is 14.3 Å². The third kappa shape index (κ3) is 4.66. The Morgan fingerprint density at radius 3 is 2.26 bits per heavy atom. The van der Waals surface area contributed by atoms with E-state index < -0.39 is 5.97 Å². The highest BCUT2D eigenvalue weighted by atomic mass is 16.5. The van der Waals surface area contributed by atoms with Crippen LogP contribution >= 0.6 is 0 Å². The first-order valence-corrected chi connectivity index (χ1v) is 11.2. The van der Waals surface area contributed by atoms with Gasteiger partial charge in [0.1, 0.15) is 5.76 Å². The molecule has 166 valence electrons. The zero-order valence-electron chi connectivity index (χ0n) is 18.5. The third-order valence-corrected chi connectivity index (χ3v) is 5.79. The molecule has 0 bridgehead atoms. The van der Waals surface area contributed by atoms with E-state index in [1.165, 1.54) is 0 Å². The minimum absolute atomic E-state index is 0.0139. The molecule has 0 spiro atoms. The van der Waals surface area contributed by atoms with E-state index in [2.05, 4.69) is 29.6 Å². The summed E-state index contributed by atoms with van der Waals surface area (Å²) in [7, 11) is 0. The van der Waals surface area contributed by atoms with Crippen molar-refractivity contribution in [1.29, 1.82) is 0 Å². The molecule has 0 saturated carbocycles. The summed E-state index contributed by atoms with van der Waals surface area (Å²) in [6.07, 6.45) is 9.46. The van der Waals surface area contributed by atoms with Crippen molar-refractivity contribution in [2.45, 2.75) is 12.8 Å². The molecule has 0 aromatic heterocycles. The predicted molar refractivity (Wildman–Crippen MR) is 137 cm³/mol. The topological polar surface area (TPSA) is 55.4 Å². The molecule has 4 aromatic carbocycles. The Bertz CT molecular complexity index is 1590.